The Hall–Kier alpha value is -1.70. The van der Waals surface area contributed by atoms with E-state index in [0.717, 1.165) is 6.07 Å². The van der Waals surface area contributed by atoms with Gasteiger partial charge in [0, 0.05) is 42.9 Å². The maximum absolute atomic E-state index is 12.2. The number of methoxy groups -OCH3 is 1. The number of aliphatic hydroxyl groups excluding tert-OH is 1. The van der Waals surface area contributed by atoms with Crippen molar-refractivity contribution in [2.24, 2.45) is 0 Å². The molecular formula is C12H15ClN2O5. The zero-order valence-electron chi connectivity index (χ0n) is 10.9. The quantitative estimate of drug-likeness (QED) is 0.606. The number of hydrogen-bond donors (Lipinski definition) is 1. The van der Waals surface area contributed by atoms with Crippen LogP contribution in [0.1, 0.15) is 10.4 Å². The second kappa shape index (κ2) is 7.78. The Balaban J connectivity index is 3.01. The van der Waals surface area contributed by atoms with Crippen LogP contribution < -0.4 is 0 Å². The molecule has 0 unspecified atom stereocenters. The summed E-state index contributed by atoms with van der Waals surface area (Å²) in [5.74, 6) is -0.443. The van der Waals surface area contributed by atoms with Gasteiger partial charge in [-0.15, -0.1) is 0 Å². The van der Waals surface area contributed by atoms with E-state index >= 15 is 0 Å². The van der Waals surface area contributed by atoms with E-state index in [1.165, 1.54) is 24.1 Å². The van der Waals surface area contributed by atoms with Gasteiger partial charge in [0.05, 0.1) is 18.1 Å². The number of carbonyl (C=O) groups excluding carboxylic acids is 1. The highest BCUT2D eigenvalue weighted by atomic mass is 35.5. The van der Waals surface area contributed by atoms with Crippen LogP contribution in [0.4, 0.5) is 5.69 Å². The van der Waals surface area contributed by atoms with E-state index in [0.29, 0.717) is 6.61 Å². The van der Waals surface area contributed by atoms with Crippen molar-refractivity contribution < 1.29 is 19.6 Å². The first-order valence-corrected chi connectivity index (χ1v) is 6.21. The molecule has 110 valence electrons. The standard InChI is InChI=1S/C12H15ClN2O5/c1-20-5-3-14(2-4-16)12(17)9-6-10(13)8-11(7-9)15(18)19/h6-8,16H,2-5H2,1H3. The van der Waals surface area contributed by atoms with Crippen LogP contribution in [-0.4, -0.2) is 54.3 Å². The Labute approximate surface area is 120 Å². The summed E-state index contributed by atoms with van der Waals surface area (Å²) in [4.78, 5) is 23.7. The van der Waals surface area contributed by atoms with Gasteiger partial charge in [-0.25, -0.2) is 0 Å². The first kappa shape index (κ1) is 16.4. The van der Waals surface area contributed by atoms with Crippen LogP contribution in [0, 0.1) is 10.1 Å². The maximum Gasteiger partial charge on any atom is 0.271 e. The van der Waals surface area contributed by atoms with Crippen molar-refractivity contribution in [2.75, 3.05) is 33.4 Å². The van der Waals surface area contributed by atoms with Crippen LogP contribution >= 0.6 is 11.6 Å². The van der Waals surface area contributed by atoms with E-state index in [4.69, 9.17) is 21.4 Å². The molecule has 20 heavy (non-hydrogen) atoms. The zero-order chi connectivity index (χ0) is 15.1. The van der Waals surface area contributed by atoms with Crippen LogP contribution in [0.25, 0.3) is 0 Å². The summed E-state index contributed by atoms with van der Waals surface area (Å²) in [6.45, 7) is 0.477. The number of hydrogen-bond acceptors (Lipinski definition) is 5. The maximum atomic E-state index is 12.2. The summed E-state index contributed by atoms with van der Waals surface area (Å²) in [6.07, 6.45) is 0. The lowest BCUT2D eigenvalue weighted by Gasteiger charge is -2.21. The molecule has 1 aromatic carbocycles. The Morgan fingerprint density at radius 3 is 2.70 bits per heavy atom. The van der Waals surface area contributed by atoms with Crippen molar-refractivity contribution in [3.8, 4) is 0 Å². The molecule has 1 amide bonds. The summed E-state index contributed by atoms with van der Waals surface area (Å²) in [5, 5.41) is 19.8. The minimum Gasteiger partial charge on any atom is -0.395 e. The van der Waals surface area contributed by atoms with Crippen LogP contribution in [0.3, 0.4) is 0 Å². The lowest BCUT2D eigenvalue weighted by Crippen LogP contribution is -2.36. The summed E-state index contributed by atoms with van der Waals surface area (Å²) in [5.41, 5.74) is -0.148. The highest BCUT2D eigenvalue weighted by Gasteiger charge is 2.19. The van der Waals surface area contributed by atoms with Gasteiger partial charge in [0.15, 0.2) is 0 Å². The molecule has 0 aromatic heterocycles. The molecule has 1 aromatic rings. The Kier molecular flexibility index (Phi) is 6.37. The SMILES string of the molecule is COCCN(CCO)C(=O)c1cc(Cl)cc([N+](=O)[O-])c1. The van der Waals surface area contributed by atoms with Crippen molar-refractivity contribution >= 4 is 23.2 Å². The molecule has 0 bridgehead atoms. The third-order valence-corrected chi connectivity index (χ3v) is 2.78. The fraction of sp³-hybridized carbons (Fsp3) is 0.417. The number of nitro benzene ring substituents is 1. The normalized spacial score (nSPS) is 10.3. The van der Waals surface area contributed by atoms with Crippen LogP contribution in [0.5, 0.6) is 0 Å². The average Bonchev–Trinajstić information content (AvgIpc) is 2.42. The lowest BCUT2D eigenvalue weighted by molar-refractivity contribution is -0.384. The first-order chi connectivity index (χ1) is 9.49. The van der Waals surface area contributed by atoms with Gasteiger partial charge in [0.1, 0.15) is 0 Å². The molecule has 8 heteroatoms. The highest BCUT2D eigenvalue weighted by Crippen LogP contribution is 2.21. The number of aliphatic hydroxyl groups is 1. The number of carbonyl (C=O) groups is 1. The zero-order valence-corrected chi connectivity index (χ0v) is 11.7. The van der Waals surface area contributed by atoms with E-state index < -0.39 is 10.8 Å². The van der Waals surface area contributed by atoms with E-state index in [9.17, 15) is 14.9 Å². The Morgan fingerprint density at radius 1 is 1.45 bits per heavy atom. The molecule has 0 radical (unpaired) electrons. The van der Waals surface area contributed by atoms with Gasteiger partial charge < -0.3 is 14.7 Å². The van der Waals surface area contributed by atoms with Crippen molar-refractivity contribution in [2.45, 2.75) is 0 Å². The number of rotatable bonds is 7. The van der Waals surface area contributed by atoms with E-state index in [1.807, 2.05) is 0 Å². The Morgan fingerprint density at radius 2 is 2.15 bits per heavy atom. The molecule has 1 rings (SSSR count). The fourth-order valence-corrected chi connectivity index (χ4v) is 1.85. The number of non-ortho nitro benzene ring substituents is 1. The largest absolute Gasteiger partial charge is 0.395 e. The highest BCUT2D eigenvalue weighted by molar-refractivity contribution is 6.31. The molecule has 0 saturated heterocycles. The number of ether oxygens (including phenoxy) is 1. The number of benzene rings is 1. The monoisotopic (exact) mass is 302 g/mol. The van der Waals surface area contributed by atoms with Gasteiger partial charge in [0.2, 0.25) is 0 Å². The van der Waals surface area contributed by atoms with Crippen molar-refractivity contribution in [3.05, 3.63) is 38.9 Å². The van der Waals surface area contributed by atoms with Gasteiger partial charge in [0.25, 0.3) is 11.6 Å². The number of amides is 1. The lowest BCUT2D eigenvalue weighted by atomic mass is 10.1. The van der Waals surface area contributed by atoms with Crippen molar-refractivity contribution in [3.63, 3.8) is 0 Å². The molecule has 1 N–H and O–H groups in total. The van der Waals surface area contributed by atoms with Crippen molar-refractivity contribution in [1.29, 1.82) is 0 Å². The minimum absolute atomic E-state index is 0.105. The van der Waals surface area contributed by atoms with E-state index in [2.05, 4.69) is 0 Å². The minimum atomic E-state index is -0.617. The van der Waals surface area contributed by atoms with Gasteiger partial charge in [-0.3, -0.25) is 14.9 Å². The van der Waals surface area contributed by atoms with Crippen LogP contribution in [0.2, 0.25) is 5.02 Å². The molecule has 0 heterocycles. The summed E-state index contributed by atoms with van der Waals surface area (Å²) < 4.78 is 4.88. The van der Waals surface area contributed by atoms with E-state index in [-0.39, 0.29) is 36.0 Å². The molecular weight excluding hydrogens is 288 g/mol. The van der Waals surface area contributed by atoms with E-state index in [1.54, 1.807) is 0 Å². The molecule has 0 saturated carbocycles. The second-order valence-electron chi connectivity index (χ2n) is 3.96. The second-order valence-corrected chi connectivity index (χ2v) is 4.40. The summed E-state index contributed by atoms with van der Waals surface area (Å²) in [6, 6.07) is 3.68. The average molecular weight is 303 g/mol. The number of nitro groups is 1. The molecule has 0 atom stereocenters. The molecule has 0 spiro atoms. The summed E-state index contributed by atoms with van der Waals surface area (Å²) >= 11 is 5.77. The molecule has 0 aliphatic rings. The number of nitrogens with zero attached hydrogens (tertiary/aromatic N) is 2. The Bertz CT molecular complexity index is 495. The fourth-order valence-electron chi connectivity index (χ4n) is 1.62. The predicted molar refractivity (Wildman–Crippen MR) is 73.0 cm³/mol. The first-order valence-electron chi connectivity index (χ1n) is 5.83. The smallest absolute Gasteiger partial charge is 0.271 e. The summed E-state index contributed by atoms with van der Waals surface area (Å²) in [7, 11) is 1.49. The van der Waals surface area contributed by atoms with Crippen LogP contribution in [-0.2, 0) is 4.74 Å². The van der Waals surface area contributed by atoms with Gasteiger partial charge in [-0.1, -0.05) is 11.6 Å². The third-order valence-electron chi connectivity index (χ3n) is 2.56. The third kappa shape index (κ3) is 4.44. The predicted octanol–water partition coefficient (Wildman–Crippen LogP) is 1.33. The number of halogens is 1. The van der Waals surface area contributed by atoms with Gasteiger partial charge in [-0.05, 0) is 6.07 Å². The van der Waals surface area contributed by atoms with Gasteiger partial charge in [-0.2, -0.15) is 0 Å². The molecule has 0 aliphatic carbocycles. The van der Waals surface area contributed by atoms with Crippen molar-refractivity contribution in [1.82, 2.24) is 4.90 Å². The van der Waals surface area contributed by atoms with Crippen LogP contribution in [0.15, 0.2) is 18.2 Å². The van der Waals surface area contributed by atoms with Gasteiger partial charge >= 0.3 is 0 Å². The molecule has 0 fully saturated rings. The molecule has 7 nitrogen and oxygen atoms in total. The topological polar surface area (TPSA) is 92.9 Å². The molecule has 0 aliphatic heterocycles.